The highest BCUT2D eigenvalue weighted by molar-refractivity contribution is 7.98. The molecule has 6 heteroatoms. The fraction of sp³-hybridized carbons (Fsp3) is 0.579. The zero-order valence-electron chi connectivity index (χ0n) is 15.0. The summed E-state index contributed by atoms with van der Waals surface area (Å²) in [4.78, 5) is 7.39. The standard InChI is InChI=1S/C19H28N4OS/c1-25-14-10-18-20-19(23(21-18)12-13-24)17-9-5-6-11-22(17)15-16-7-3-2-4-8-16/h2-4,7-8,17,24H,5-6,9-15H2,1H3/t17-/m1/s1. The van der Waals surface area contributed by atoms with Gasteiger partial charge in [0.05, 0.1) is 19.2 Å². The molecular weight excluding hydrogens is 332 g/mol. The second-order valence-corrected chi connectivity index (χ2v) is 7.53. The molecule has 1 fully saturated rings. The lowest BCUT2D eigenvalue weighted by Crippen LogP contribution is -2.35. The van der Waals surface area contributed by atoms with Crippen molar-refractivity contribution < 1.29 is 5.11 Å². The number of hydrogen-bond donors (Lipinski definition) is 1. The monoisotopic (exact) mass is 360 g/mol. The van der Waals surface area contributed by atoms with E-state index < -0.39 is 0 Å². The number of rotatable bonds is 8. The van der Waals surface area contributed by atoms with Gasteiger partial charge in [0.2, 0.25) is 0 Å². The zero-order chi connectivity index (χ0) is 17.5. The minimum atomic E-state index is 0.101. The van der Waals surface area contributed by atoms with Crippen LogP contribution in [-0.2, 0) is 19.5 Å². The van der Waals surface area contributed by atoms with Crippen LogP contribution in [0.15, 0.2) is 30.3 Å². The maximum Gasteiger partial charge on any atom is 0.151 e. The Morgan fingerprint density at radius 3 is 2.84 bits per heavy atom. The van der Waals surface area contributed by atoms with E-state index in [1.165, 1.54) is 18.4 Å². The molecule has 136 valence electrons. The summed E-state index contributed by atoms with van der Waals surface area (Å²) < 4.78 is 1.93. The van der Waals surface area contributed by atoms with Crippen LogP contribution in [-0.4, -0.2) is 49.9 Å². The van der Waals surface area contributed by atoms with Gasteiger partial charge in [0.15, 0.2) is 5.82 Å². The number of nitrogens with zero attached hydrogens (tertiary/aromatic N) is 4. The molecule has 1 aliphatic heterocycles. The molecule has 5 nitrogen and oxygen atoms in total. The molecule has 1 N–H and O–H groups in total. The predicted molar refractivity (Wildman–Crippen MR) is 103 cm³/mol. The number of piperidine rings is 1. The third-order valence-electron chi connectivity index (χ3n) is 4.73. The smallest absolute Gasteiger partial charge is 0.151 e. The van der Waals surface area contributed by atoms with Crippen molar-refractivity contribution in [2.75, 3.05) is 25.2 Å². The molecule has 1 atom stereocenters. The Kier molecular flexibility index (Phi) is 6.90. The molecule has 0 radical (unpaired) electrons. The molecule has 1 aliphatic rings. The molecule has 0 bridgehead atoms. The first-order valence-corrected chi connectivity index (χ1v) is 10.5. The van der Waals surface area contributed by atoms with Crippen LogP contribution in [0.5, 0.6) is 0 Å². The fourth-order valence-corrected chi connectivity index (χ4v) is 3.89. The van der Waals surface area contributed by atoms with Crippen molar-refractivity contribution in [3.63, 3.8) is 0 Å². The van der Waals surface area contributed by atoms with E-state index in [0.717, 1.165) is 43.3 Å². The molecular formula is C19H28N4OS. The molecule has 3 rings (SSSR count). The lowest BCUT2D eigenvalue weighted by molar-refractivity contribution is 0.128. The summed E-state index contributed by atoms with van der Waals surface area (Å²) in [5.74, 6) is 2.96. The Labute approximate surface area is 154 Å². The molecule has 0 amide bonds. The molecule has 25 heavy (non-hydrogen) atoms. The molecule has 0 spiro atoms. The van der Waals surface area contributed by atoms with E-state index in [4.69, 9.17) is 4.98 Å². The first-order chi connectivity index (χ1) is 12.3. The van der Waals surface area contributed by atoms with E-state index in [1.54, 1.807) is 0 Å². The molecule has 0 unspecified atom stereocenters. The quantitative estimate of drug-likeness (QED) is 0.784. The van der Waals surface area contributed by atoms with E-state index >= 15 is 0 Å². The summed E-state index contributed by atoms with van der Waals surface area (Å²) in [7, 11) is 0. The van der Waals surface area contributed by atoms with Gasteiger partial charge in [-0.3, -0.25) is 4.90 Å². The summed E-state index contributed by atoms with van der Waals surface area (Å²) in [5.41, 5.74) is 1.34. The molecule has 1 saturated heterocycles. The third kappa shape index (κ3) is 4.84. The summed E-state index contributed by atoms with van der Waals surface area (Å²) >= 11 is 1.81. The topological polar surface area (TPSA) is 54.2 Å². The van der Waals surface area contributed by atoms with Gasteiger partial charge in [-0.05, 0) is 31.2 Å². The molecule has 0 saturated carbocycles. The Morgan fingerprint density at radius 1 is 1.24 bits per heavy atom. The fourth-order valence-electron chi connectivity index (χ4n) is 3.50. The minimum Gasteiger partial charge on any atom is -0.394 e. The first-order valence-electron chi connectivity index (χ1n) is 9.13. The number of thioether (sulfide) groups is 1. The normalized spacial score (nSPS) is 18.6. The van der Waals surface area contributed by atoms with Crippen LogP contribution >= 0.6 is 11.8 Å². The van der Waals surface area contributed by atoms with Crippen molar-refractivity contribution in [3.8, 4) is 0 Å². The average molecular weight is 361 g/mol. The van der Waals surface area contributed by atoms with Gasteiger partial charge in [-0.25, -0.2) is 9.67 Å². The first kappa shape index (κ1) is 18.4. The van der Waals surface area contributed by atoms with Crippen molar-refractivity contribution in [1.82, 2.24) is 19.7 Å². The number of hydrogen-bond acceptors (Lipinski definition) is 5. The van der Waals surface area contributed by atoms with Gasteiger partial charge < -0.3 is 5.11 Å². The Bertz CT molecular complexity index is 646. The number of benzene rings is 1. The second kappa shape index (κ2) is 9.36. The summed E-state index contributed by atoms with van der Waals surface area (Å²) in [5, 5.41) is 14.1. The Balaban J connectivity index is 1.82. The van der Waals surface area contributed by atoms with E-state index in [1.807, 2.05) is 16.4 Å². The van der Waals surface area contributed by atoms with Crippen LogP contribution in [0.2, 0.25) is 0 Å². The summed E-state index contributed by atoms with van der Waals surface area (Å²) in [6.07, 6.45) is 6.56. The van der Waals surface area contributed by atoms with E-state index in [0.29, 0.717) is 6.54 Å². The van der Waals surface area contributed by atoms with Crippen LogP contribution in [0.25, 0.3) is 0 Å². The highest BCUT2D eigenvalue weighted by Crippen LogP contribution is 2.31. The molecule has 1 aromatic heterocycles. The number of aliphatic hydroxyl groups is 1. The number of aryl methyl sites for hydroxylation is 1. The van der Waals surface area contributed by atoms with Crippen molar-refractivity contribution in [1.29, 1.82) is 0 Å². The van der Waals surface area contributed by atoms with Crippen LogP contribution in [0.3, 0.4) is 0 Å². The maximum absolute atomic E-state index is 9.42. The lowest BCUT2D eigenvalue weighted by Gasteiger charge is -2.35. The van der Waals surface area contributed by atoms with E-state index in [2.05, 4.69) is 46.6 Å². The van der Waals surface area contributed by atoms with Crippen LogP contribution in [0.1, 0.15) is 42.5 Å². The van der Waals surface area contributed by atoms with E-state index in [9.17, 15) is 5.11 Å². The molecule has 0 aliphatic carbocycles. The van der Waals surface area contributed by atoms with Crippen molar-refractivity contribution in [3.05, 3.63) is 47.5 Å². The second-order valence-electron chi connectivity index (χ2n) is 6.54. The van der Waals surface area contributed by atoms with Gasteiger partial charge in [0.25, 0.3) is 0 Å². The summed E-state index contributed by atoms with van der Waals surface area (Å²) in [6.45, 7) is 2.66. The highest BCUT2D eigenvalue weighted by atomic mass is 32.2. The van der Waals surface area contributed by atoms with Gasteiger partial charge in [0, 0.05) is 18.7 Å². The highest BCUT2D eigenvalue weighted by Gasteiger charge is 2.28. The van der Waals surface area contributed by atoms with Gasteiger partial charge in [-0.1, -0.05) is 36.8 Å². The number of likely N-dealkylation sites (tertiary alicyclic amines) is 1. The number of aliphatic hydroxyl groups excluding tert-OH is 1. The molecule has 1 aromatic carbocycles. The van der Waals surface area contributed by atoms with Crippen LogP contribution < -0.4 is 0 Å². The zero-order valence-corrected chi connectivity index (χ0v) is 15.8. The van der Waals surface area contributed by atoms with Crippen molar-refractivity contribution in [2.45, 2.75) is 44.8 Å². The SMILES string of the molecule is CSCCc1nc([C@H]2CCCCN2Cc2ccccc2)n(CCO)n1. The molecule has 2 heterocycles. The average Bonchev–Trinajstić information content (AvgIpc) is 3.04. The number of aromatic nitrogens is 3. The van der Waals surface area contributed by atoms with Crippen LogP contribution in [0.4, 0.5) is 0 Å². The van der Waals surface area contributed by atoms with E-state index in [-0.39, 0.29) is 12.6 Å². The van der Waals surface area contributed by atoms with Crippen LogP contribution in [0, 0.1) is 0 Å². The van der Waals surface area contributed by atoms with Crippen molar-refractivity contribution in [2.24, 2.45) is 0 Å². The maximum atomic E-state index is 9.42. The largest absolute Gasteiger partial charge is 0.394 e. The Morgan fingerprint density at radius 2 is 2.08 bits per heavy atom. The predicted octanol–water partition coefficient (Wildman–Crippen LogP) is 2.90. The van der Waals surface area contributed by atoms with Crippen molar-refractivity contribution >= 4 is 11.8 Å². The van der Waals surface area contributed by atoms with Gasteiger partial charge in [-0.15, -0.1) is 0 Å². The van der Waals surface area contributed by atoms with Gasteiger partial charge in [0.1, 0.15) is 5.82 Å². The third-order valence-corrected chi connectivity index (χ3v) is 5.34. The Hall–Kier alpha value is -1.37. The van der Waals surface area contributed by atoms with Gasteiger partial charge >= 0.3 is 0 Å². The summed E-state index contributed by atoms with van der Waals surface area (Å²) in [6, 6.07) is 10.9. The lowest BCUT2D eigenvalue weighted by atomic mass is 10.0. The molecule has 2 aromatic rings. The van der Waals surface area contributed by atoms with Gasteiger partial charge in [-0.2, -0.15) is 16.9 Å². The minimum absolute atomic E-state index is 0.101.